The largest absolute Gasteiger partial charge is 0.484 e. The predicted octanol–water partition coefficient (Wildman–Crippen LogP) is 1.90. The van der Waals surface area contributed by atoms with E-state index in [9.17, 15) is 19.2 Å². The molecule has 4 atom stereocenters. The molecule has 2 saturated heterocycles. The van der Waals surface area contributed by atoms with Crippen LogP contribution >= 0.6 is 11.8 Å². The Kier molecular flexibility index (Phi) is 7.30. The van der Waals surface area contributed by atoms with E-state index in [-0.39, 0.29) is 19.8 Å². The van der Waals surface area contributed by atoms with Gasteiger partial charge in [0.15, 0.2) is 6.61 Å². The number of amides is 2. The molecule has 0 aromatic heterocycles. The summed E-state index contributed by atoms with van der Waals surface area (Å²) < 4.78 is 15.3. The fourth-order valence-corrected chi connectivity index (χ4v) is 5.74. The van der Waals surface area contributed by atoms with Gasteiger partial charge < -0.3 is 24.4 Å². The van der Waals surface area contributed by atoms with E-state index in [1.807, 2.05) is 36.4 Å². The zero-order valence-electron chi connectivity index (χ0n) is 19.3. The molecule has 4 unspecified atom stereocenters. The highest BCUT2D eigenvalue weighted by molar-refractivity contribution is 8.01. The smallest absolute Gasteiger partial charge is 0.330 e. The van der Waals surface area contributed by atoms with Gasteiger partial charge in [0.05, 0.1) is 4.75 Å². The third-order valence-electron chi connectivity index (χ3n) is 5.77. The summed E-state index contributed by atoms with van der Waals surface area (Å²) in [6.07, 6.45) is 0. The Labute approximate surface area is 207 Å². The number of benzene rings is 2. The number of nitrogens with zero attached hydrogens (tertiary/aromatic N) is 1. The van der Waals surface area contributed by atoms with Gasteiger partial charge in [-0.05, 0) is 24.6 Å². The van der Waals surface area contributed by atoms with Crippen molar-refractivity contribution in [3.8, 4) is 5.75 Å². The average molecular weight is 499 g/mol. The quantitative estimate of drug-likeness (QED) is 0.412. The van der Waals surface area contributed by atoms with Crippen molar-refractivity contribution >= 4 is 35.5 Å². The molecule has 0 radical (unpaired) electrons. The molecule has 2 fully saturated rings. The van der Waals surface area contributed by atoms with E-state index in [0.29, 0.717) is 5.75 Å². The Balaban J connectivity index is 1.42. The molecule has 1 N–H and O–H groups in total. The van der Waals surface area contributed by atoms with Gasteiger partial charge in [0.1, 0.15) is 36.4 Å². The number of hydrogen-bond donors (Lipinski definition) is 1. The molecule has 0 saturated carbocycles. The first kappa shape index (κ1) is 24.6. The zero-order chi connectivity index (χ0) is 25.0. The molecule has 184 valence electrons. The number of fused-ring (bicyclic) bond motifs is 1. The van der Waals surface area contributed by atoms with Gasteiger partial charge in [-0.15, -0.1) is 11.8 Å². The second-order valence-electron chi connectivity index (χ2n) is 8.49. The first-order chi connectivity index (χ1) is 16.8. The number of thioether (sulfide) groups is 1. The van der Waals surface area contributed by atoms with Crippen LogP contribution in [0.3, 0.4) is 0 Å². The van der Waals surface area contributed by atoms with Gasteiger partial charge in [0, 0.05) is 6.92 Å². The van der Waals surface area contributed by atoms with E-state index < -0.39 is 46.0 Å². The van der Waals surface area contributed by atoms with Crippen molar-refractivity contribution in [2.75, 3.05) is 13.2 Å². The molecule has 0 bridgehead atoms. The number of rotatable bonds is 9. The summed E-state index contributed by atoms with van der Waals surface area (Å²) >= 11 is 1.30. The Hall–Kier alpha value is -3.53. The number of nitrogens with one attached hydrogen (secondary N) is 1. The van der Waals surface area contributed by atoms with Gasteiger partial charge in [0.2, 0.25) is 5.91 Å². The molecular formula is C25H26N2O7S. The number of carbonyl (C=O) groups is 4. The van der Waals surface area contributed by atoms with Crippen LogP contribution in [0.5, 0.6) is 5.75 Å². The maximum Gasteiger partial charge on any atom is 0.330 e. The molecule has 2 aliphatic heterocycles. The van der Waals surface area contributed by atoms with Crippen LogP contribution in [0.2, 0.25) is 0 Å². The predicted molar refractivity (Wildman–Crippen MR) is 127 cm³/mol. The molecular weight excluding hydrogens is 472 g/mol. The lowest BCUT2D eigenvalue weighted by atomic mass is 9.95. The van der Waals surface area contributed by atoms with Gasteiger partial charge in [-0.2, -0.15) is 0 Å². The Bertz CT molecular complexity index is 1100. The summed E-state index contributed by atoms with van der Waals surface area (Å²) in [4.78, 5) is 51.4. The molecule has 2 amide bonds. The molecule has 4 rings (SSSR count). The Morgan fingerprint density at radius 1 is 1.03 bits per heavy atom. The number of β-lactam (4-membered cyclic amide) rings is 1. The Morgan fingerprint density at radius 3 is 2.34 bits per heavy atom. The molecule has 9 nitrogen and oxygen atoms in total. The fourth-order valence-electron chi connectivity index (χ4n) is 4.06. The zero-order valence-corrected chi connectivity index (χ0v) is 20.2. The number of para-hydroxylation sites is 1. The van der Waals surface area contributed by atoms with Crippen LogP contribution in [0.15, 0.2) is 60.7 Å². The maximum atomic E-state index is 13.1. The van der Waals surface area contributed by atoms with Crippen LogP contribution < -0.4 is 10.1 Å². The minimum absolute atomic E-state index is 0.0498. The SMILES string of the molecule is CC(=O)OCC1(C)SC2C(NC(=O)COc3ccccc3)C(=O)N2C1C(=O)OCc1ccccc1. The number of hydrogen-bond acceptors (Lipinski definition) is 8. The second kappa shape index (κ2) is 10.4. The fraction of sp³-hybridized carbons (Fsp3) is 0.360. The molecule has 0 spiro atoms. The highest BCUT2D eigenvalue weighted by Gasteiger charge is 2.66. The standard InChI is InChI=1S/C25H26N2O7S/c1-16(28)34-15-25(2)21(24(31)33-13-17-9-5-3-6-10-17)27-22(30)20(23(27)35-25)26-19(29)14-32-18-11-7-4-8-12-18/h3-12,20-21,23H,13-15H2,1-2H3,(H,26,29). The normalized spacial score (nSPS) is 24.7. The molecule has 35 heavy (non-hydrogen) atoms. The number of esters is 2. The lowest BCUT2D eigenvalue weighted by Gasteiger charge is -2.43. The molecule has 2 aromatic carbocycles. The van der Waals surface area contributed by atoms with Crippen LogP contribution in [-0.2, 0) is 35.3 Å². The summed E-state index contributed by atoms with van der Waals surface area (Å²) in [7, 11) is 0. The van der Waals surface area contributed by atoms with Gasteiger partial charge in [0.25, 0.3) is 5.91 Å². The van der Waals surface area contributed by atoms with Crippen molar-refractivity contribution in [3.05, 3.63) is 66.2 Å². The first-order valence-electron chi connectivity index (χ1n) is 11.1. The maximum absolute atomic E-state index is 13.1. The van der Waals surface area contributed by atoms with Crippen molar-refractivity contribution in [2.45, 2.75) is 42.7 Å². The first-order valence-corrected chi connectivity index (χ1v) is 12.0. The molecule has 2 aliphatic rings. The van der Waals surface area contributed by atoms with Crippen LogP contribution in [0, 0.1) is 0 Å². The molecule has 0 aliphatic carbocycles. The van der Waals surface area contributed by atoms with Crippen LogP contribution in [0.4, 0.5) is 0 Å². The van der Waals surface area contributed by atoms with E-state index in [1.165, 1.54) is 23.6 Å². The van der Waals surface area contributed by atoms with Crippen molar-refractivity contribution < 1.29 is 33.4 Å². The summed E-state index contributed by atoms with van der Waals surface area (Å²) in [5.41, 5.74) is 0.809. The number of carbonyl (C=O) groups excluding carboxylic acids is 4. The third-order valence-corrected chi connectivity index (χ3v) is 7.39. The lowest BCUT2D eigenvalue weighted by Crippen LogP contribution is -2.71. The second-order valence-corrected chi connectivity index (χ2v) is 10.1. The molecule has 2 aromatic rings. The van der Waals surface area contributed by atoms with Crippen LogP contribution in [-0.4, -0.2) is 64.1 Å². The molecule has 10 heteroatoms. The van der Waals surface area contributed by atoms with E-state index in [2.05, 4.69) is 5.32 Å². The topological polar surface area (TPSA) is 111 Å². The van der Waals surface area contributed by atoms with Crippen molar-refractivity contribution in [1.29, 1.82) is 0 Å². The third kappa shape index (κ3) is 5.43. The van der Waals surface area contributed by atoms with E-state index in [4.69, 9.17) is 14.2 Å². The highest BCUT2D eigenvalue weighted by Crippen LogP contribution is 2.51. The lowest BCUT2D eigenvalue weighted by molar-refractivity contribution is -0.166. The van der Waals surface area contributed by atoms with Crippen molar-refractivity contribution in [1.82, 2.24) is 10.2 Å². The summed E-state index contributed by atoms with van der Waals surface area (Å²) in [5, 5.41) is 2.19. The Morgan fingerprint density at radius 2 is 1.69 bits per heavy atom. The van der Waals surface area contributed by atoms with Gasteiger partial charge in [-0.25, -0.2) is 4.79 Å². The van der Waals surface area contributed by atoms with Crippen molar-refractivity contribution in [3.63, 3.8) is 0 Å². The van der Waals surface area contributed by atoms with E-state index >= 15 is 0 Å². The monoisotopic (exact) mass is 498 g/mol. The minimum Gasteiger partial charge on any atom is -0.484 e. The van der Waals surface area contributed by atoms with Crippen LogP contribution in [0.25, 0.3) is 0 Å². The van der Waals surface area contributed by atoms with Crippen molar-refractivity contribution in [2.24, 2.45) is 0 Å². The van der Waals surface area contributed by atoms with Crippen LogP contribution in [0.1, 0.15) is 19.4 Å². The van der Waals surface area contributed by atoms with Gasteiger partial charge in [-0.3, -0.25) is 14.4 Å². The summed E-state index contributed by atoms with van der Waals surface area (Å²) in [5.74, 6) is -1.40. The summed E-state index contributed by atoms with van der Waals surface area (Å²) in [6, 6.07) is 16.3. The van der Waals surface area contributed by atoms with E-state index in [1.54, 1.807) is 31.2 Å². The van der Waals surface area contributed by atoms with E-state index in [0.717, 1.165) is 5.56 Å². The van der Waals surface area contributed by atoms with Gasteiger partial charge in [-0.1, -0.05) is 48.5 Å². The molecule has 2 heterocycles. The highest BCUT2D eigenvalue weighted by atomic mass is 32.2. The minimum atomic E-state index is -0.971. The summed E-state index contributed by atoms with van der Waals surface area (Å²) in [6.45, 7) is 2.74. The average Bonchev–Trinajstić information content (AvgIpc) is 3.14. The number of ether oxygens (including phenoxy) is 3. The van der Waals surface area contributed by atoms with Gasteiger partial charge >= 0.3 is 11.9 Å².